The molecular formula is C14H16FN3O. The van der Waals surface area contributed by atoms with E-state index in [2.05, 4.69) is 5.10 Å². The van der Waals surface area contributed by atoms with Gasteiger partial charge in [0.2, 0.25) is 0 Å². The lowest BCUT2D eigenvalue weighted by Gasteiger charge is -2.11. The van der Waals surface area contributed by atoms with E-state index in [0.717, 1.165) is 5.56 Å². The zero-order valence-corrected chi connectivity index (χ0v) is 10.9. The van der Waals surface area contributed by atoms with Gasteiger partial charge in [-0.05, 0) is 44.2 Å². The molecule has 1 aromatic carbocycles. The molecule has 0 saturated carbocycles. The van der Waals surface area contributed by atoms with E-state index in [9.17, 15) is 9.18 Å². The van der Waals surface area contributed by atoms with Crippen molar-refractivity contribution < 1.29 is 4.39 Å². The lowest BCUT2D eigenvalue weighted by Crippen LogP contribution is -2.29. The van der Waals surface area contributed by atoms with Gasteiger partial charge in [0.1, 0.15) is 5.82 Å². The van der Waals surface area contributed by atoms with E-state index in [4.69, 9.17) is 5.73 Å². The fourth-order valence-electron chi connectivity index (χ4n) is 1.86. The summed E-state index contributed by atoms with van der Waals surface area (Å²) in [5, 5.41) is 4.26. The van der Waals surface area contributed by atoms with Crippen molar-refractivity contribution >= 4 is 0 Å². The van der Waals surface area contributed by atoms with Gasteiger partial charge in [-0.1, -0.05) is 0 Å². The van der Waals surface area contributed by atoms with E-state index in [0.29, 0.717) is 17.8 Å². The number of aryl methyl sites for hydroxylation is 1. The second kappa shape index (κ2) is 5.32. The summed E-state index contributed by atoms with van der Waals surface area (Å²) >= 11 is 0. The highest BCUT2D eigenvalue weighted by molar-refractivity contribution is 5.59. The van der Waals surface area contributed by atoms with Gasteiger partial charge in [0, 0.05) is 23.7 Å². The second-order valence-corrected chi connectivity index (χ2v) is 4.40. The normalized spacial score (nSPS) is 12.4. The quantitative estimate of drug-likeness (QED) is 0.920. The van der Waals surface area contributed by atoms with Crippen LogP contribution < -0.4 is 11.3 Å². The predicted molar refractivity (Wildman–Crippen MR) is 72.2 cm³/mol. The van der Waals surface area contributed by atoms with Crippen molar-refractivity contribution in [3.8, 4) is 11.3 Å². The molecule has 0 aliphatic carbocycles. The molecule has 0 fully saturated rings. The Bertz CT molecular complexity index is 632. The summed E-state index contributed by atoms with van der Waals surface area (Å²) in [5.74, 6) is -0.306. The largest absolute Gasteiger partial charge is 0.324 e. The summed E-state index contributed by atoms with van der Waals surface area (Å²) in [5.41, 5.74) is 7.52. The highest BCUT2D eigenvalue weighted by Crippen LogP contribution is 2.18. The van der Waals surface area contributed by atoms with Crippen LogP contribution in [0, 0.1) is 5.82 Å². The zero-order valence-electron chi connectivity index (χ0n) is 10.9. The molecule has 0 amide bonds. The van der Waals surface area contributed by atoms with Crippen LogP contribution in [0.25, 0.3) is 11.3 Å². The lowest BCUT2D eigenvalue weighted by molar-refractivity contribution is 0.600. The molecule has 1 unspecified atom stereocenters. The molecule has 4 nitrogen and oxygen atoms in total. The van der Waals surface area contributed by atoms with Gasteiger partial charge >= 0.3 is 0 Å². The molecule has 2 aromatic rings. The Hall–Kier alpha value is -2.01. The molecule has 2 N–H and O–H groups in total. The van der Waals surface area contributed by atoms with Crippen LogP contribution in [0.3, 0.4) is 0 Å². The molecule has 5 heteroatoms. The molecule has 0 spiro atoms. The summed E-state index contributed by atoms with van der Waals surface area (Å²) in [6.45, 7) is 4.06. The molecule has 0 aliphatic heterocycles. The Morgan fingerprint density at radius 1 is 1.37 bits per heavy atom. The van der Waals surface area contributed by atoms with Gasteiger partial charge in [0.15, 0.2) is 0 Å². The van der Waals surface area contributed by atoms with Gasteiger partial charge in [-0.3, -0.25) is 4.79 Å². The number of hydrogen-bond acceptors (Lipinski definition) is 3. The van der Waals surface area contributed by atoms with E-state index in [1.807, 2.05) is 6.92 Å². The van der Waals surface area contributed by atoms with Crippen LogP contribution in [0.1, 0.15) is 25.5 Å². The third-order valence-electron chi connectivity index (χ3n) is 2.93. The summed E-state index contributed by atoms with van der Waals surface area (Å²) in [6.07, 6.45) is 0. The number of aromatic nitrogens is 2. The summed E-state index contributed by atoms with van der Waals surface area (Å²) < 4.78 is 14.3. The Morgan fingerprint density at radius 2 is 2.00 bits per heavy atom. The minimum atomic E-state index is -0.368. The molecule has 19 heavy (non-hydrogen) atoms. The topological polar surface area (TPSA) is 60.9 Å². The summed E-state index contributed by atoms with van der Waals surface area (Å²) in [6, 6.07) is 7.30. The van der Waals surface area contributed by atoms with Gasteiger partial charge in [-0.2, -0.15) is 5.10 Å². The van der Waals surface area contributed by atoms with Crippen molar-refractivity contribution in [3.05, 3.63) is 52.1 Å². The van der Waals surface area contributed by atoms with Crippen molar-refractivity contribution in [3.63, 3.8) is 0 Å². The van der Waals surface area contributed by atoms with E-state index in [1.54, 1.807) is 25.1 Å². The standard InChI is InChI=1S/C14H16FN3O/c1-3-18-14(19)12(9(2)16)8-13(17-18)10-4-6-11(15)7-5-10/h4-9H,3,16H2,1-2H3. The maximum Gasteiger partial charge on any atom is 0.271 e. The van der Waals surface area contributed by atoms with E-state index >= 15 is 0 Å². The summed E-state index contributed by atoms with van der Waals surface area (Å²) in [4.78, 5) is 12.0. The number of benzene rings is 1. The van der Waals surface area contributed by atoms with Crippen molar-refractivity contribution in [2.24, 2.45) is 5.73 Å². The zero-order chi connectivity index (χ0) is 14.0. The molecule has 1 atom stereocenters. The van der Waals surface area contributed by atoms with Crippen LogP contribution in [0.2, 0.25) is 0 Å². The van der Waals surface area contributed by atoms with Crippen LogP contribution in [0.15, 0.2) is 35.1 Å². The van der Waals surface area contributed by atoms with Gasteiger partial charge in [-0.25, -0.2) is 9.07 Å². The van der Waals surface area contributed by atoms with E-state index in [1.165, 1.54) is 16.8 Å². The molecule has 0 radical (unpaired) electrons. The van der Waals surface area contributed by atoms with Gasteiger partial charge in [-0.15, -0.1) is 0 Å². The van der Waals surface area contributed by atoms with Crippen molar-refractivity contribution in [2.75, 3.05) is 0 Å². The van der Waals surface area contributed by atoms with E-state index < -0.39 is 0 Å². The average molecular weight is 261 g/mol. The lowest BCUT2D eigenvalue weighted by atomic mass is 10.1. The predicted octanol–water partition coefficient (Wildman–Crippen LogP) is 2.09. The minimum Gasteiger partial charge on any atom is -0.324 e. The van der Waals surface area contributed by atoms with Crippen LogP contribution in [0.4, 0.5) is 4.39 Å². The molecule has 0 bridgehead atoms. The van der Waals surface area contributed by atoms with Crippen molar-refractivity contribution in [1.82, 2.24) is 9.78 Å². The first-order valence-corrected chi connectivity index (χ1v) is 6.16. The Morgan fingerprint density at radius 3 is 2.53 bits per heavy atom. The second-order valence-electron chi connectivity index (χ2n) is 4.40. The Kier molecular flexibility index (Phi) is 3.76. The molecular weight excluding hydrogens is 245 g/mol. The first-order valence-electron chi connectivity index (χ1n) is 6.16. The maximum atomic E-state index is 12.9. The van der Waals surface area contributed by atoms with Gasteiger partial charge in [0.25, 0.3) is 5.56 Å². The fourth-order valence-corrected chi connectivity index (χ4v) is 1.86. The Balaban J connectivity index is 2.61. The first kappa shape index (κ1) is 13.4. The average Bonchev–Trinajstić information content (AvgIpc) is 2.39. The third-order valence-corrected chi connectivity index (χ3v) is 2.93. The van der Waals surface area contributed by atoms with Crippen LogP contribution in [-0.4, -0.2) is 9.78 Å². The van der Waals surface area contributed by atoms with Crippen molar-refractivity contribution in [1.29, 1.82) is 0 Å². The fraction of sp³-hybridized carbons (Fsp3) is 0.286. The first-order chi connectivity index (χ1) is 9.02. The molecule has 0 saturated heterocycles. The molecule has 100 valence electrons. The highest BCUT2D eigenvalue weighted by atomic mass is 19.1. The number of nitrogens with zero attached hydrogens (tertiary/aromatic N) is 2. The SMILES string of the molecule is CCn1nc(-c2ccc(F)cc2)cc(C(C)N)c1=O. The van der Waals surface area contributed by atoms with Crippen LogP contribution in [0.5, 0.6) is 0 Å². The number of halogens is 1. The van der Waals surface area contributed by atoms with Gasteiger partial charge in [0.05, 0.1) is 5.69 Å². The Labute approximate surface area is 110 Å². The van der Waals surface area contributed by atoms with Crippen LogP contribution in [-0.2, 0) is 6.54 Å². The number of rotatable bonds is 3. The smallest absolute Gasteiger partial charge is 0.271 e. The molecule has 0 aliphatic rings. The van der Waals surface area contributed by atoms with E-state index in [-0.39, 0.29) is 17.4 Å². The third kappa shape index (κ3) is 2.71. The minimum absolute atomic E-state index is 0.177. The molecule has 2 rings (SSSR count). The summed E-state index contributed by atoms with van der Waals surface area (Å²) in [7, 11) is 0. The molecule has 1 heterocycles. The highest BCUT2D eigenvalue weighted by Gasteiger charge is 2.12. The van der Waals surface area contributed by atoms with Gasteiger partial charge < -0.3 is 5.73 Å². The van der Waals surface area contributed by atoms with Crippen molar-refractivity contribution in [2.45, 2.75) is 26.4 Å². The van der Waals surface area contributed by atoms with Crippen LogP contribution >= 0.6 is 0 Å². The number of nitrogens with two attached hydrogens (primary N) is 1. The molecule has 1 aromatic heterocycles. The number of hydrogen-bond donors (Lipinski definition) is 1. The monoisotopic (exact) mass is 261 g/mol. The maximum absolute atomic E-state index is 12.9.